The molecule has 90 valence electrons. The van der Waals surface area contributed by atoms with Crippen molar-refractivity contribution in [2.45, 2.75) is 53.0 Å². The Labute approximate surface area is 95.0 Å². The number of nitrogens with zero attached hydrogens (tertiary/aromatic N) is 1. The van der Waals surface area contributed by atoms with Crippen LogP contribution in [0, 0.1) is 5.41 Å². The summed E-state index contributed by atoms with van der Waals surface area (Å²) in [4.78, 5) is 2.58. The van der Waals surface area contributed by atoms with Crippen LogP contribution in [0.15, 0.2) is 0 Å². The van der Waals surface area contributed by atoms with Gasteiger partial charge in [-0.1, -0.05) is 27.2 Å². The van der Waals surface area contributed by atoms with E-state index in [2.05, 4.69) is 39.5 Å². The Morgan fingerprint density at radius 2 is 1.60 bits per heavy atom. The molecule has 0 N–H and O–H groups in total. The third-order valence-corrected chi connectivity index (χ3v) is 3.74. The van der Waals surface area contributed by atoms with Crippen LogP contribution in [-0.4, -0.2) is 36.7 Å². The van der Waals surface area contributed by atoms with E-state index in [9.17, 15) is 0 Å². The summed E-state index contributed by atoms with van der Waals surface area (Å²) in [5, 5.41) is 0. The van der Waals surface area contributed by atoms with E-state index < -0.39 is 0 Å². The SMILES string of the molecule is CCC(C)(C)CC(C)(C)N1CCOCC1. The first-order valence-corrected chi connectivity index (χ1v) is 6.20. The smallest absolute Gasteiger partial charge is 0.0594 e. The van der Waals surface area contributed by atoms with Crippen molar-refractivity contribution in [2.24, 2.45) is 5.41 Å². The lowest BCUT2D eigenvalue weighted by Crippen LogP contribution is -2.51. The van der Waals surface area contributed by atoms with Gasteiger partial charge in [0, 0.05) is 18.6 Å². The van der Waals surface area contributed by atoms with E-state index >= 15 is 0 Å². The van der Waals surface area contributed by atoms with Crippen LogP contribution in [0.3, 0.4) is 0 Å². The van der Waals surface area contributed by atoms with Gasteiger partial charge in [-0.2, -0.15) is 0 Å². The molecule has 0 aromatic rings. The van der Waals surface area contributed by atoms with Gasteiger partial charge in [0.05, 0.1) is 13.2 Å². The molecule has 1 saturated heterocycles. The molecule has 0 radical (unpaired) electrons. The van der Waals surface area contributed by atoms with Gasteiger partial charge < -0.3 is 4.74 Å². The Balaban J connectivity index is 2.56. The van der Waals surface area contributed by atoms with Crippen LogP contribution in [0.4, 0.5) is 0 Å². The molecule has 1 heterocycles. The molecular weight excluding hydrogens is 186 g/mol. The average molecular weight is 213 g/mol. The van der Waals surface area contributed by atoms with Gasteiger partial charge in [0.15, 0.2) is 0 Å². The van der Waals surface area contributed by atoms with E-state index in [-0.39, 0.29) is 0 Å². The highest BCUT2D eigenvalue weighted by molar-refractivity contribution is 4.88. The Kier molecular flexibility index (Phi) is 4.19. The molecule has 0 aliphatic carbocycles. The maximum Gasteiger partial charge on any atom is 0.0594 e. The zero-order valence-electron chi connectivity index (χ0n) is 11.1. The second-order valence-corrected chi connectivity index (χ2v) is 6.11. The number of rotatable bonds is 4. The van der Waals surface area contributed by atoms with Gasteiger partial charge >= 0.3 is 0 Å². The standard InChI is InChI=1S/C13H27NO/c1-6-12(2,3)11-13(4,5)14-7-9-15-10-8-14/h6-11H2,1-5H3. The molecule has 1 aliphatic heterocycles. The van der Waals surface area contributed by atoms with Crippen molar-refractivity contribution in [1.29, 1.82) is 0 Å². The summed E-state index contributed by atoms with van der Waals surface area (Å²) in [5.41, 5.74) is 0.755. The lowest BCUT2D eigenvalue weighted by atomic mass is 9.77. The maximum absolute atomic E-state index is 5.41. The highest BCUT2D eigenvalue weighted by atomic mass is 16.5. The number of morpholine rings is 1. The summed E-state index contributed by atoms with van der Waals surface area (Å²) < 4.78 is 5.41. The van der Waals surface area contributed by atoms with Crippen LogP contribution in [0.25, 0.3) is 0 Å². The van der Waals surface area contributed by atoms with Crippen molar-refractivity contribution in [3.05, 3.63) is 0 Å². The predicted octanol–water partition coefficient (Wildman–Crippen LogP) is 2.92. The van der Waals surface area contributed by atoms with Crippen LogP contribution < -0.4 is 0 Å². The zero-order valence-corrected chi connectivity index (χ0v) is 11.1. The molecule has 2 heteroatoms. The van der Waals surface area contributed by atoms with Gasteiger partial charge in [0.1, 0.15) is 0 Å². The minimum absolute atomic E-state index is 0.309. The molecule has 0 spiro atoms. The van der Waals surface area contributed by atoms with E-state index in [1.54, 1.807) is 0 Å². The summed E-state index contributed by atoms with van der Waals surface area (Å²) in [6.07, 6.45) is 2.51. The fourth-order valence-electron chi connectivity index (χ4n) is 2.58. The van der Waals surface area contributed by atoms with Crippen molar-refractivity contribution >= 4 is 0 Å². The highest BCUT2D eigenvalue weighted by Crippen LogP contribution is 2.34. The lowest BCUT2D eigenvalue weighted by molar-refractivity contribution is -0.0248. The summed E-state index contributed by atoms with van der Waals surface area (Å²) in [7, 11) is 0. The number of hydrogen-bond donors (Lipinski definition) is 0. The summed E-state index contributed by atoms with van der Waals surface area (Å²) in [6, 6.07) is 0. The Bertz CT molecular complexity index is 193. The second kappa shape index (κ2) is 4.84. The van der Waals surface area contributed by atoms with Crippen molar-refractivity contribution in [2.75, 3.05) is 26.3 Å². The van der Waals surface area contributed by atoms with Crippen LogP contribution in [0.1, 0.15) is 47.5 Å². The average Bonchev–Trinajstić information content (AvgIpc) is 2.18. The van der Waals surface area contributed by atoms with Crippen molar-refractivity contribution in [3.8, 4) is 0 Å². The van der Waals surface area contributed by atoms with Crippen LogP contribution in [0.2, 0.25) is 0 Å². The normalized spacial score (nSPS) is 20.6. The highest BCUT2D eigenvalue weighted by Gasteiger charge is 2.33. The van der Waals surface area contributed by atoms with Gasteiger partial charge in [0.2, 0.25) is 0 Å². The van der Waals surface area contributed by atoms with E-state index in [4.69, 9.17) is 4.74 Å². The first-order valence-electron chi connectivity index (χ1n) is 6.20. The molecule has 0 aromatic heterocycles. The minimum atomic E-state index is 0.309. The number of hydrogen-bond acceptors (Lipinski definition) is 2. The quantitative estimate of drug-likeness (QED) is 0.712. The molecule has 0 amide bonds. The summed E-state index contributed by atoms with van der Waals surface area (Å²) in [5.74, 6) is 0. The van der Waals surface area contributed by atoms with Gasteiger partial charge in [-0.15, -0.1) is 0 Å². The van der Waals surface area contributed by atoms with Crippen molar-refractivity contribution < 1.29 is 4.74 Å². The van der Waals surface area contributed by atoms with E-state index in [0.717, 1.165) is 26.3 Å². The lowest BCUT2D eigenvalue weighted by Gasteiger charge is -2.44. The first-order chi connectivity index (χ1) is 6.87. The van der Waals surface area contributed by atoms with Crippen molar-refractivity contribution in [3.63, 3.8) is 0 Å². The monoisotopic (exact) mass is 213 g/mol. The van der Waals surface area contributed by atoms with E-state index in [1.807, 2.05) is 0 Å². The summed E-state index contributed by atoms with van der Waals surface area (Å²) in [6.45, 7) is 15.7. The molecule has 0 bridgehead atoms. The summed E-state index contributed by atoms with van der Waals surface area (Å²) >= 11 is 0. The topological polar surface area (TPSA) is 12.5 Å². The van der Waals surface area contributed by atoms with Gasteiger partial charge in [-0.05, 0) is 25.7 Å². The first kappa shape index (κ1) is 13.0. The van der Waals surface area contributed by atoms with E-state index in [1.165, 1.54) is 12.8 Å². The minimum Gasteiger partial charge on any atom is -0.379 e. The molecule has 1 rings (SSSR count). The fourth-order valence-corrected chi connectivity index (χ4v) is 2.58. The molecule has 2 nitrogen and oxygen atoms in total. The Morgan fingerprint density at radius 1 is 1.07 bits per heavy atom. The molecule has 15 heavy (non-hydrogen) atoms. The molecular formula is C13H27NO. The van der Waals surface area contributed by atoms with Crippen molar-refractivity contribution in [1.82, 2.24) is 4.90 Å². The van der Waals surface area contributed by atoms with Gasteiger partial charge in [-0.25, -0.2) is 0 Å². The van der Waals surface area contributed by atoms with Gasteiger partial charge in [0.25, 0.3) is 0 Å². The molecule has 0 unspecified atom stereocenters. The number of ether oxygens (including phenoxy) is 1. The molecule has 0 atom stereocenters. The van der Waals surface area contributed by atoms with Crippen LogP contribution >= 0.6 is 0 Å². The fraction of sp³-hybridized carbons (Fsp3) is 1.00. The van der Waals surface area contributed by atoms with Gasteiger partial charge in [-0.3, -0.25) is 4.90 Å². The molecule has 0 aromatic carbocycles. The predicted molar refractivity (Wildman–Crippen MR) is 65.2 cm³/mol. The van der Waals surface area contributed by atoms with Crippen LogP contribution in [-0.2, 0) is 4.74 Å². The largest absolute Gasteiger partial charge is 0.379 e. The van der Waals surface area contributed by atoms with E-state index in [0.29, 0.717) is 11.0 Å². The molecule has 0 saturated carbocycles. The molecule has 1 aliphatic rings. The third kappa shape index (κ3) is 3.76. The molecule has 1 fully saturated rings. The Hall–Kier alpha value is -0.0800. The second-order valence-electron chi connectivity index (χ2n) is 6.11. The maximum atomic E-state index is 5.41. The Morgan fingerprint density at radius 3 is 2.07 bits per heavy atom. The third-order valence-electron chi connectivity index (χ3n) is 3.74. The van der Waals surface area contributed by atoms with Crippen LogP contribution in [0.5, 0.6) is 0 Å². The zero-order chi connectivity index (χ0) is 11.5.